The number of benzene rings is 4. The third-order valence-corrected chi connectivity index (χ3v) is 5.83. The Labute approximate surface area is 188 Å². The number of hydrogen-bond donors (Lipinski definition) is 0. The van der Waals surface area contributed by atoms with Gasteiger partial charge in [0.2, 0.25) is 0 Å². The van der Waals surface area contributed by atoms with Crippen LogP contribution in [0.2, 0.25) is 0 Å². The Bertz CT molecular complexity index is 1350. The monoisotopic (exact) mass is 421 g/mol. The minimum Gasteiger partial charge on any atom is -0.493 e. The molecule has 5 aromatic rings. The van der Waals surface area contributed by atoms with E-state index in [1.807, 2.05) is 12.1 Å². The molecule has 0 N–H and O–H groups in total. The molecule has 0 amide bonds. The molecular weight excluding hydrogens is 394 g/mol. The second kappa shape index (κ2) is 8.75. The van der Waals surface area contributed by atoms with E-state index in [0.717, 1.165) is 46.5 Å². The van der Waals surface area contributed by atoms with Gasteiger partial charge in [0.15, 0.2) is 0 Å². The molecule has 0 aliphatic carbocycles. The number of ether oxygens (including phenoxy) is 1. The smallest absolute Gasteiger partial charge is 0.141 e. The van der Waals surface area contributed by atoms with Crippen LogP contribution in [0.4, 0.5) is 5.69 Å². The lowest BCUT2D eigenvalue weighted by atomic mass is 10.1. The standard InChI is InChI=1S/C28H27N3O/c1-30(2)23-17-15-22(16-18-23)28-29-25-12-5-6-13-26(25)31(28)19-8-20-32-27-14-7-10-21-9-3-4-11-24(21)27/h3-7,9-18H,8,19-20H2,1-2H3. The van der Waals surface area contributed by atoms with Crippen molar-refractivity contribution in [3.8, 4) is 17.1 Å². The van der Waals surface area contributed by atoms with E-state index < -0.39 is 0 Å². The van der Waals surface area contributed by atoms with Crippen LogP contribution in [0.15, 0.2) is 91.0 Å². The summed E-state index contributed by atoms with van der Waals surface area (Å²) < 4.78 is 8.49. The van der Waals surface area contributed by atoms with Crippen LogP contribution in [0.1, 0.15) is 6.42 Å². The number of para-hydroxylation sites is 2. The normalized spacial score (nSPS) is 11.2. The molecule has 4 heteroatoms. The Kier molecular flexibility index (Phi) is 5.51. The maximum Gasteiger partial charge on any atom is 0.141 e. The quantitative estimate of drug-likeness (QED) is 0.285. The summed E-state index contributed by atoms with van der Waals surface area (Å²) in [6, 6.07) is 31.5. The predicted octanol–water partition coefficient (Wildman–Crippen LogP) is 6.39. The summed E-state index contributed by atoms with van der Waals surface area (Å²) in [5.41, 5.74) is 4.49. The van der Waals surface area contributed by atoms with Crippen molar-refractivity contribution in [2.24, 2.45) is 0 Å². The molecule has 1 aromatic heterocycles. The van der Waals surface area contributed by atoms with Crippen LogP contribution in [-0.2, 0) is 6.54 Å². The third kappa shape index (κ3) is 3.92. The van der Waals surface area contributed by atoms with Gasteiger partial charge in [0, 0.05) is 37.3 Å². The lowest BCUT2D eigenvalue weighted by Gasteiger charge is -2.14. The van der Waals surface area contributed by atoms with Gasteiger partial charge in [-0.05, 0) is 54.3 Å². The molecule has 5 rings (SSSR count). The third-order valence-electron chi connectivity index (χ3n) is 5.83. The van der Waals surface area contributed by atoms with Crippen molar-refractivity contribution in [3.05, 3.63) is 91.0 Å². The van der Waals surface area contributed by atoms with Gasteiger partial charge in [-0.15, -0.1) is 0 Å². The molecule has 0 unspecified atom stereocenters. The summed E-state index contributed by atoms with van der Waals surface area (Å²) in [5.74, 6) is 1.94. The highest BCUT2D eigenvalue weighted by molar-refractivity contribution is 5.88. The van der Waals surface area contributed by atoms with Crippen LogP contribution in [0.25, 0.3) is 33.2 Å². The highest BCUT2D eigenvalue weighted by Crippen LogP contribution is 2.28. The zero-order chi connectivity index (χ0) is 21.9. The second-order valence-electron chi connectivity index (χ2n) is 8.20. The van der Waals surface area contributed by atoms with Crippen LogP contribution in [0, 0.1) is 0 Å². The van der Waals surface area contributed by atoms with Gasteiger partial charge >= 0.3 is 0 Å². The molecule has 4 aromatic carbocycles. The van der Waals surface area contributed by atoms with Crippen LogP contribution < -0.4 is 9.64 Å². The summed E-state index contributed by atoms with van der Waals surface area (Å²) in [6.45, 7) is 1.50. The average molecular weight is 422 g/mol. The predicted molar refractivity (Wildman–Crippen MR) is 134 cm³/mol. The first-order chi connectivity index (χ1) is 15.7. The minimum atomic E-state index is 0.652. The molecule has 0 aliphatic rings. The van der Waals surface area contributed by atoms with Crippen LogP contribution in [0.5, 0.6) is 5.75 Å². The number of aromatic nitrogens is 2. The van der Waals surface area contributed by atoms with Crippen molar-refractivity contribution in [2.45, 2.75) is 13.0 Å². The first kappa shape index (κ1) is 20.1. The van der Waals surface area contributed by atoms with E-state index in [1.165, 1.54) is 11.1 Å². The number of fused-ring (bicyclic) bond motifs is 2. The molecule has 0 saturated heterocycles. The molecule has 0 atom stereocenters. The van der Waals surface area contributed by atoms with Crippen molar-refractivity contribution >= 4 is 27.5 Å². The molecular formula is C28H27N3O. The van der Waals surface area contributed by atoms with Crippen LogP contribution in [-0.4, -0.2) is 30.3 Å². The molecule has 0 spiro atoms. The molecule has 160 valence electrons. The molecule has 0 aliphatic heterocycles. The summed E-state index contributed by atoms with van der Waals surface area (Å²) >= 11 is 0. The van der Waals surface area contributed by atoms with Gasteiger partial charge < -0.3 is 14.2 Å². The molecule has 0 saturated carbocycles. The zero-order valence-corrected chi connectivity index (χ0v) is 18.5. The molecule has 0 fully saturated rings. The van der Waals surface area contributed by atoms with Gasteiger partial charge in [0.25, 0.3) is 0 Å². The van der Waals surface area contributed by atoms with E-state index in [2.05, 4.69) is 102 Å². The van der Waals surface area contributed by atoms with Crippen LogP contribution >= 0.6 is 0 Å². The maximum atomic E-state index is 6.18. The van der Waals surface area contributed by atoms with E-state index in [9.17, 15) is 0 Å². The second-order valence-corrected chi connectivity index (χ2v) is 8.20. The van der Waals surface area contributed by atoms with Gasteiger partial charge in [-0.1, -0.05) is 48.5 Å². The lowest BCUT2D eigenvalue weighted by Crippen LogP contribution is -2.08. The van der Waals surface area contributed by atoms with E-state index in [0.29, 0.717) is 6.61 Å². The lowest BCUT2D eigenvalue weighted by molar-refractivity contribution is 0.306. The van der Waals surface area contributed by atoms with Crippen molar-refractivity contribution < 1.29 is 4.74 Å². The fourth-order valence-corrected chi connectivity index (χ4v) is 4.16. The Hall–Kier alpha value is -3.79. The summed E-state index contributed by atoms with van der Waals surface area (Å²) in [4.78, 5) is 7.05. The SMILES string of the molecule is CN(C)c1ccc(-c2nc3ccccc3n2CCCOc2cccc3ccccc23)cc1. The summed E-state index contributed by atoms with van der Waals surface area (Å²) in [7, 11) is 4.11. The summed E-state index contributed by atoms with van der Waals surface area (Å²) in [6.07, 6.45) is 0.895. The first-order valence-electron chi connectivity index (χ1n) is 11.0. The fourth-order valence-electron chi connectivity index (χ4n) is 4.16. The molecule has 0 bridgehead atoms. The molecule has 32 heavy (non-hydrogen) atoms. The van der Waals surface area contributed by atoms with E-state index in [1.54, 1.807) is 0 Å². The van der Waals surface area contributed by atoms with Gasteiger partial charge in [-0.25, -0.2) is 4.98 Å². The van der Waals surface area contributed by atoms with Crippen molar-refractivity contribution in [2.75, 3.05) is 25.6 Å². The number of rotatable bonds is 7. The Morgan fingerprint density at radius 3 is 2.41 bits per heavy atom. The topological polar surface area (TPSA) is 30.3 Å². The van der Waals surface area contributed by atoms with Gasteiger partial charge in [-0.3, -0.25) is 0 Å². The number of nitrogens with zero attached hydrogens (tertiary/aromatic N) is 3. The summed E-state index contributed by atoms with van der Waals surface area (Å²) in [5, 5.41) is 2.36. The molecule has 4 nitrogen and oxygen atoms in total. The van der Waals surface area contributed by atoms with E-state index in [-0.39, 0.29) is 0 Å². The Morgan fingerprint density at radius 2 is 1.56 bits per heavy atom. The van der Waals surface area contributed by atoms with Crippen molar-refractivity contribution in [1.82, 2.24) is 9.55 Å². The largest absolute Gasteiger partial charge is 0.493 e. The van der Waals surface area contributed by atoms with Crippen molar-refractivity contribution in [3.63, 3.8) is 0 Å². The minimum absolute atomic E-state index is 0.652. The Balaban J connectivity index is 1.37. The molecule has 0 radical (unpaired) electrons. The van der Waals surface area contributed by atoms with Gasteiger partial charge in [-0.2, -0.15) is 0 Å². The van der Waals surface area contributed by atoms with E-state index >= 15 is 0 Å². The zero-order valence-electron chi connectivity index (χ0n) is 18.5. The Morgan fingerprint density at radius 1 is 0.812 bits per heavy atom. The first-order valence-corrected chi connectivity index (χ1v) is 11.0. The fraction of sp³-hybridized carbons (Fsp3) is 0.179. The highest BCUT2D eigenvalue weighted by atomic mass is 16.5. The van der Waals surface area contributed by atoms with Gasteiger partial charge in [0.05, 0.1) is 17.6 Å². The number of imidazole rings is 1. The number of anilines is 1. The number of aryl methyl sites for hydroxylation is 1. The highest BCUT2D eigenvalue weighted by Gasteiger charge is 2.13. The maximum absolute atomic E-state index is 6.18. The average Bonchev–Trinajstić information content (AvgIpc) is 3.20. The van der Waals surface area contributed by atoms with Crippen molar-refractivity contribution in [1.29, 1.82) is 0 Å². The van der Waals surface area contributed by atoms with E-state index in [4.69, 9.17) is 9.72 Å². The number of hydrogen-bond acceptors (Lipinski definition) is 3. The van der Waals surface area contributed by atoms with Crippen LogP contribution in [0.3, 0.4) is 0 Å². The van der Waals surface area contributed by atoms with Gasteiger partial charge in [0.1, 0.15) is 11.6 Å². The molecule has 1 heterocycles.